The number of hydrogen-bond donors (Lipinski definition) is 0. The summed E-state index contributed by atoms with van der Waals surface area (Å²) in [6.07, 6.45) is 0. The van der Waals surface area contributed by atoms with Crippen molar-refractivity contribution < 1.29 is 4.42 Å². The van der Waals surface area contributed by atoms with Gasteiger partial charge in [0.25, 0.3) is 0 Å². The van der Waals surface area contributed by atoms with E-state index in [1.807, 2.05) is 12.1 Å². The van der Waals surface area contributed by atoms with E-state index in [4.69, 9.17) is 19.4 Å². The molecule has 0 aliphatic rings. The minimum Gasteiger partial charge on any atom is -0.455 e. The molecule has 3 heterocycles. The molecule has 3 aromatic heterocycles. The first-order valence-corrected chi connectivity index (χ1v) is 20.3. The summed E-state index contributed by atoms with van der Waals surface area (Å²) in [5.74, 6) is 1.72. The predicted molar refractivity (Wildman–Crippen MR) is 248 cm³/mol. The summed E-state index contributed by atoms with van der Waals surface area (Å²) < 4.78 is 8.96. The quantitative estimate of drug-likeness (QED) is 0.179. The van der Waals surface area contributed by atoms with Crippen LogP contribution in [0, 0.1) is 0 Å². The molecule has 0 saturated heterocycles. The third-order valence-corrected chi connectivity index (χ3v) is 12.2. The lowest BCUT2D eigenvalue weighted by Crippen LogP contribution is -2.07. The number of nitrogens with zero attached hydrogens (tertiary/aromatic N) is 4. The van der Waals surface area contributed by atoms with E-state index >= 15 is 0 Å². The van der Waals surface area contributed by atoms with E-state index in [-0.39, 0.29) is 0 Å². The van der Waals surface area contributed by atoms with E-state index in [9.17, 15) is 0 Å². The van der Waals surface area contributed by atoms with Crippen molar-refractivity contribution in [2.45, 2.75) is 0 Å². The highest BCUT2D eigenvalue weighted by atomic mass is 16.3. The molecule has 0 aliphatic carbocycles. The van der Waals surface area contributed by atoms with Crippen LogP contribution in [0.5, 0.6) is 0 Å². The molecule has 0 radical (unpaired) electrons. The molecule has 0 spiro atoms. The van der Waals surface area contributed by atoms with Gasteiger partial charge in [0.15, 0.2) is 11.6 Å². The summed E-state index contributed by atoms with van der Waals surface area (Å²) in [6.45, 7) is 0. The zero-order valence-corrected chi connectivity index (χ0v) is 32.2. The van der Waals surface area contributed by atoms with Crippen LogP contribution in [0.1, 0.15) is 0 Å². The summed E-state index contributed by atoms with van der Waals surface area (Å²) >= 11 is 0. The number of aromatic nitrogens is 4. The van der Waals surface area contributed by atoms with Gasteiger partial charge in [-0.25, -0.2) is 4.98 Å². The van der Waals surface area contributed by atoms with Gasteiger partial charge >= 0.3 is 0 Å². The highest BCUT2D eigenvalue weighted by Gasteiger charge is 2.24. The van der Waals surface area contributed by atoms with Gasteiger partial charge in [-0.3, -0.25) is 4.57 Å². The topological polar surface area (TPSA) is 56.7 Å². The molecule has 5 nitrogen and oxygen atoms in total. The number of hydrogen-bond acceptors (Lipinski definition) is 4. The molecule has 0 fully saturated rings. The summed E-state index contributed by atoms with van der Waals surface area (Å²) in [5.41, 5.74) is 7.89. The van der Waals surface area contributed by atoms with Crippen LogP contribution in [0.25, 0.3) is 127 Å². The second kappa shape index (κ2) is 12.7. The fraction of sp³-hybridized carbons (Fsp3) is 0. The number of benzene rings is 10. The van der Waals surface area contributed by atoms with Crippen molar-refractivity contribution in [1.29, 1.82) is 0 Å². The predicted octanol–water partition coefficient (Wildman–Crippen LogP) is 14.5. The Morgan fingerprint density at radius 1 is 0.350 bits per heavy atom. The average Bonchev–Trinajstić information content (AvgIpc) is 3.88. The smallest absolute Gasteiger partial charge is 0.238 e. The average molecular weight is 765 g/mol. The van der Waals surface area contributed by atoms with Crippen LogP contribution < -0.4 is 0 Å². The van der Waals surface area contributed by atoms with Gasteiger partial charge < -0.3 is 4.42 Å². The molecule has 0 bridgehead atoms. The molecule has 0 aliphatic heterocycles. The van der Waals surface area contributed by atoms with Crippen LogP contribution in [0.3, 0.4) is 0 Å². The van der Waals surface area contributed by atoms with Crippen molar-refractivity contribution >= 4 is 86.8 Å². The van der Waals surface area contributed by atoms with E-state index in [1.165, 1.54) is 5.56 Å². The lowest BCUT2D eigenvalue weighted by atomic mass is 9.99. The molecule has 0 amide bonds. The largest absolute Gasteiger partial charge is 0.455 e. The first-order chi connectivity index (χ1) is 29.7. The van der Waals surface area contributed by atoms with Crippen LogP contribution in [-0.2, 0) is 0 Å². The molecule has 278 valence electrons. The van der Waals surface area contributed by atoms with Gasteiger partial charge in [0.1, 0.15) is 11.2 Å². The third kappa shape index (κ3) is 4.90. The Morgan fingerprint density at radius 2 is 0.917 bits per heavy atom. The lowest BCUT2D eigenvalue weighted by molar-refractivity contribution is 0.672. The maximum atomic E-state index is 6.68. The highest BCUT2D eigenvalue weighted by Crippen LogP contribution is 2.43. The minimum atomic E-state index is 0.551. The molecule has 13 aromatic rings. The molecule has 0 unspecified atom stereocenters. The zero-order valence-electron chi connectivity index (χ0n) is 32.2. The van der Waals surface area contributed by atoms with E-state index < -0.39 is 0 Å². The second-order valence-corrected chi connectivity index (χ2v) is 15.6. The SMILES string of the molecule is c1ccc(-c2ccc3ccc(-c4nc(-c5cc6ccccc6c6oc7ccccc7c56)nc(-n5c6c7ccccc7ccc6c6ccc7ccccc7c65)n4)cc3c2)cc1. The first kappa shape index (κ1) is 32.9. The van der Waals surface area contributed by atoms with E-state index in [1.54, 1.807) is 0 Å². The minimum absolute atomic E-state index is 0.551. The monoisotopic (exact) mass is 764 g/mol. The van der Waals surface area contributed by atoms with Crippen LogP contribution in [-0.4, -0.2) is 19.5 Å². The Hall–Kier alpha value is -8.15. The van der Waals surface area contributed by atoms with Crippen LogP contribution in [0.15, 0.2) is 199 Å². The molecule has 13 rings (SSSR count). The van der Waals surface area contributed by atoms with Crippen molar-refractivity contribution in [3.63, 3.8) is 0 Å². The molecular formula is C55H32N4O. The molecule has 60 heavy (non-hydrogen) atoms. The standard InChI is InChI=1S/C55H32N4O/c1-2-12-33(13-3-1)37-24-22-34-23-25-39(31-40(34)30-37)53-56-54(47-32-38-16-6-9-19-43(38)52-49(47)46-20-10-11-21-48(46)60-52)58-55(57-53)59-50-41-17-7-4-14-35(41)26-28-44(50)45-29-27-36-15-5-8-18-42(36)51(45)59/h1-32H. The van der Waals surface area contributed by atoms with Crippen molar-refractivity contribution in [2.24, 2.45) is 0 Å². The van der Waals surface area contributed by atoms with Gasteiger partial charge in [-0.05, 0) is 62.3 Å². The van der Waals surface area contributed by atoms with Crippen LogP contribution >= 0.6 is 0 Å². The molecule has 0 saturated carbocycles. The van der Waals surface area contributed by atoms with Gasteiger partial charge in [0.05, 0.1) is 11.0 Å². The summed E-state index contributed by atoms with van der Waals surface area (Å²) in [7, 11) is 0. The van der Waals surface area contributed by atoms with Crippen molar-refractivity contribution in [3.8, 4) is 39.9 Å². The Kier molecular flexibility index (Phi) is 6.95. The molecule has 0 atom stereocenters. The van der Waals surface area contributed by atoms with Gasteiger partial charge in [-0.2, -0.15) is 9.97 Å². The lowest BCUT2D eigenvalue weighted by Gasteiger charge is -2.14. The fourth-order valence-electron chi connectivity index (χ4n) is 9.39. The fourth-order valence-corrected chi connectivity index (χ4v) is 9.39. The highest BCUT2D eigenvalue weighted by molar-refractivity contribution is 6.24. The maximum absolute atomic E-state index is 6.68. The number of fused-ring (bicyclic) bond motifs is 13. The van der Waals surface area contributed by atoms with Crippen molar-refractivity contribution in [3.05, 3.63) is 194 Å². The van der Waals surface area contributed by atoms with Gasteiger partial charge in [-0.15, -0.1) is 0 Å². The molecule has 5 heteroatoms. The molecule has 0 N–H and O–H groups in total. The van der Waals surface area contributed by atoms with Crippen molar-refractivity contribution in [2.75, 3.05) is 0 Å². The molecule has 10 aromatic carbocycles. The van der Waals surface area contributed by atoms with Gasteiger partial charge in [0, 0.05) is 48.8 Å². The van der Waals surface area contributed by atoms with E-state index in [0.717, 1.165) is 104 Å². The number of furan rings is 1. The number of para-hydroxylation sites is 1. The first-order valence-electron chi connectivity index (χ1n) is 20.3. The Morgan fingerprint density at radius 3 is 1.65 bits per heavy atom. The Labute approximate surface area is 343 Å². The summed E-state index contributed by atoms with van der Waals surface area (Å²) in [6, 6.07) is 68.6. The Balaban J connectivity index is 1.17. The number of rotatable bonds is 4. The maximum Gasteiger partial charge on any atom is 0.238 e. The third-order valence-electron chi connectivity index (χ3n) is 12.2. The second-order valence-electron chi connectivity index (χ2n) is 15.6. The van der Waals surface area contributed by atoms with Crippen LogP contribution in [0.2, 0.25) is 0 Å². The Bertz CT molecular complexity index is 3810. The van der Waals surface area contributed by atoms with Gasteiger partial charge in [0.2, 0.25) is 5.95 Å². The normalized spacial score (nSPS) is 12.0. The van der Waals surface area contributed by atoms with Crippen molar-refractivity contribution in [1.82, 2.24) is 19.5 Å². The van der Waals surface area contributed by atoms with E-state index in [2.05, 4.69) is 187 Å². The zero-order chi connectivity index (χ0) is 39.3. The molecular weight excluding hydrogens is 733 g/mol. The summed E-state index contributed by atoms with van der Waals surface area (Å²) in [5, 5.41) is 13.2. The van der Waals surface area contributed by atoms with Gasteiger partial charge in [-0.1, -0.05) is 170 Å². The van der Waals surface area contributed by atoms with E-state index in [0.29, 0.717) is 17.6 Å². The van der Waals surface area contributed by atoms with Crippen LogP contribution in [0.4, 0.5) is 0 Å². The summed E-state index contributed by atoms with van der Waals surface area (Å²) in [4.78, 5) is 16.4.